The quantitative estimate of drug-likeness (QED) is 0.164. The highest BCUT2D eigenvalue weighted by molar-refractivity contribution is 6.14. The van der Waals surface area contributed by atoms with Crippen LogP contribution in [0.5, 0.6) is 0 Å². The zero-order valence-electron chi connectivity index (χ0n) is 30.5. The molecule has 0 fully saturated rings. The highest BCUT2D eigenvalue weighted by Gasteiger charge is 2.25. The maximum atomic E-state index is 5.35. The van der Waals surface area contributed by atoms with Gasteiger partial charge in [-0.2, -0.15) is 0 Å². The molecule has 8 aromatic carbocycles. The van der Waals surface area contributed by atoms with Crippen LogP contribution in [0.4, 0.5) is 11.4 Å². The number of hydrogen-bond donors (Lipinski definition) is 2. The Morgan fingerprint density at radius 1 is 0.429 bits per heavy atom. The fourth-order valence-corrected chi connectivity index (χ4v) is 7.72. The van der Waals surface area contributed by atoms with Crippen molar-refractivity contribution in [2.45, 2.75) is 6.29 Å². The van der Waals surface area contributed by atoms with Crippen LogP contribution in [0.15, 0.2) is 216 Å². The SMILES string of the molecule is c1ccc(Nc2ccc(-c3ccc4c(c3)c3ccccc3n4C3N=C(c4cccc(-c5ccccc5)c4)N=C(c4ccccc4)N3)cc2-c2ccccc2)cc1. The molecule has 0 aliphatic carbocycles. The number of hydrogen-bond acceptors (Lipinski definition) is 4. The van der Waals surface area contributed by atoms with Gasteiger partial charge >= 0.3 is 0 Å². The smallest absolute Gasteiger partial charge is 0.204 e. The molecule has 266 valence electrons. The molecule has 0 saturated heterocycles. The Morgan fingerprint density at radius 3 is 1.77 bits per heavy atom. The normalized spacial score (nSPS) is 13.9. The largest absolute Gasteiger partial charge is 0.355 e. The molecule has 10 rings (SSSR count). The third-order valence-corrected chi connectivity index (χ3v) is 10.4. The molecule has 0 saturated carbocycles. The van der Waals surface area contributed by atoms with E-state index in [2.05, 4.69) is 191 Å². The predicted molar refractivity (Wildman–Crippen MR) is 234 cm³/mol. The Kier molecular flexibility index (Phi) is 8.50. The molecule has 2 heterocycles. The standard InChI is InChI=1S/C51H37N5/c1-5-16-35(17-6-1)38-22-15-23-41(32-38)50-53-49(37-20-9-3-10-21-37)54-51(55-50)56-47-27-14-13-26-43(47)45-34-40(29-31-48(45)56)39-28-30-46(52-42-24-11-4-12-25-42)44(33-39)36-18-7-2-8-19-36/h1-34,51-52H,(H,53,54,55). The van der Waals surface area contributed by atoms with Crippen molar-refractivity contribution in [1.29, 1.82) is 0 Å². The lowest BCUT2D eigenvalue weighted by Crippen LogP contribution is -2.36. The van der Waals surface area contributed by atoms with Gasteiger partial charge in [0.1, 0.15) is 5.84 Å². The first-order valence-corrected chi connectivity index (χ1v) is 18.9. The highest BCUT2D eigenvalue weighted by atomic mass is 15.3. The summed E-state index contributed by atoms with van der Waals surface area (Å²) < 4.78 is 2.31. The van der Waals surface area contributed by atoms with Crippen molar-refractivity contribution in [3.8, 4) is 33.4 Å². The minimum Gasteiger partial charge on any atom is -0.355 e. The molecule has 5 nitrogen and oxygen atoms in total. The molecule has 1 aromatic heterocycles. The van der Waals surface area contributed by atoms with Gasteiger partial charge in [0.05, 0.1) is 11.0 Å². The van der Waals surface area contributed by atoms with Gasteiger partial charge in [-0.25, -0.2) is 9.98 Å². The zero-order chi connectivity index (χ0) is 37.3. The minimum atomic E-state index is -0.445. The molecule has 0 bridgehead atoms. The summed E-state index contributed by atoms with van der Waals surface area (Å²) in [5, 5.41) is 9.71. The lowest BCUT2D eigenvalue weighted by molar-refractivity contribution is 0.516. The number of para-hydroxylation sites is 2. The van der Waals surface area contributed by atoms with E-state index in [4.69, 9.17) is 9.98 Å². The van der Waals surface area contributed by atoms with Crippen LogP contribution in [-0.2, 0) is 0 Å². The monoisotopic (exact) mass is 719 g/mol. The van der Waals surface area contributed by atoms with Crippen LogP contribution in [0.2, 0.25) is 0 Å². The van der Waals surface area contributed by atoms with Crippen LogP contribution in [0.3, 0.4) is 0 Å². The Hall–Kier alpha value is -7.50. The molecule has 56 heavy (non-hydrogen) atoms. The maximum absolute atomic E-state index is 5.35. The van der Waals surface area contributed by atoms with E-state index >= 15 is 0 Å². The Morgan fingerprint density at radius 2 is 1.00 bits per heavy atom. The van der Waals surface area contributed by atoms with E-state index in [0.29, 0.717) is 5.84 Å². The van der Waals surface area contributed by atoms with Crippen molar-refractivity contribution < 1.29 is 0 Å². The predicted octanol–water partition coefficient (Wildman–Crippen LogP) is 12.5. The van der Waals surface area contributed by atoms with Crippen molar-refractivity contribution in [1.82, 2.24) is 9.88 Å². The van der Waals surface area contributed by atoms with E-state index in [1.165, 1.54) is 10.8 Å². The molecule has 9 aromatic rings. The first-order valence-electron chi connectivity index (χ1n) is 18.9. The summed E-state index contributed by atoms with van der Waals surface area (Å²) in [6.45, 7) is 0. The van der Waals surface area contributed by atoms with Crippen molar-refractivity contribution in [3.05, 3.63) is 217 Å². The van der Waals surface area contributed by atoms with E-state index in [1.807, 2.05) is 30.3 Å². The Labute approximate surface area is 326 Å². The van der Waals surface area contributed by atoms with Crippen LogP contribution in [0.25, 0.3) is 55.2 Å². The number of nitrogens with one attached hydrogen (secondary N) is 2. The van der Waals surface area contributed by atoms with Gasteiger partial charge in [0, 0.05) is 38.8 Å². The molecule has 0 spiro atoms. The molecule has 1 aliphatic heterocycles. The number of aliphatic imine (C=N–C) groups is 2. The van der Waals surface area contributed by atoms with Gasteiger partial charge in [-0.05, 0) is 76.3 Å². The second kappa shape index (κ2) is 14.4. The summed E-state index contributed by atoms with van der Waals surface area (Å²) >= 11 is 0. The van der Waals surface area contributed by atoms with Crippen molar-refractivity contribution >= 4 is 44.9 Å². The van der Waals surface area contributed by atoms with Gasteiger partial charge in [-0.1, -0.05) is 158 Å². The number of aromatic nitrogens is 1. The molecule has 0 amide bonds. The average molecular weight is 720 g/mol. The second-order valence-electron chi connectivity index (χ2n) is 14.0. The van der Waals surface area contributed by atoms with E-state index in [-0.39, 0.29) is 0 Å². The van der Waals surface area contributed by atoms with Crippen molar-refractivity contribution in [2.75, 3.05) is 5.32 Å². The number of benzene rings is 8. The first-order chi connectivity index (χ1) is 27.7. The van der Waals surface area contributed by atoms with E-state index in [0.717, 1.165) is 72.8 Å². The number of rotatable bonds is 8. The van der Waals surface area contributed by atoms with Gasteiger partial charge in [0.2, 0.25) is 6.29 Å². The van der Waals surface area contributed by atoms with E-state index in [9.17, 15) is 0 Å². The molecule has 0 radical (unpaired) electrons. The number of anilines is 2. The van der Waals surface area contributed by atoms with Crippen LogP contribution < -0.4 is 10.6 Å². The number of amidine groups is 2. The molecule has 1 atom stereocenters. The van der Waals surface area contributed by atoms with E-state index in [1.54, 1.807) is 0 Å². The topological polar surface area (TPSA) is 53.7 Å². The molecule has 1 unspecified atom stereocenters. The molecule has 5 heteroatoms. The fraction of sp³-hybridized carbons (Fsp3) is 0.0196. The van der Waals surface area contributed by atoms with Gasteiger partial charge in [0.25, 0.3) is 0 Å². The van der Waals surface area contributed by atoms with E-state index < -0.39 is 6.29 Å². The summed E-state index contributed by atoms with van der Waals surface area (Å²) in [4.78, 5) is 10.5. The van der Waals surface area contributed by atoms with Crippen LogP contribution in [0.1, 0.15) is 17.4 Å². The summed E-state index contributed by atoms with van der Waals surface area (Å²) in [6, 6.07) is 72.3. The second-order valence-corrected chi connectivity index (χ2v) is 14.0. The fourth-order valence-electron chi connectivity index (χ4n) is 7.72. The maximum Gasteiger partial charge on any atom is 0.204 e. The third kappa shape index (κ3) is 6.31. The van der Waals surface area contributed by atoms with Gasteiger partial charge in [0.15, 0.2) is 5.84 Å². The highest BCUT2D eigenvalue weighted by Crippen LogP contribution is 2.39. The van der Waals surface area contributed by atoms with Crippen molar-refractivity contribution in [3.63, 3.8) is 0 Å². The number of fused-ring (bicyclic) bond motifs is 3. The van der Waals surface area contributed by atoms with Gasteiger partial charge < -0.3 is 15.2 Å². The first kappa shape index (κ1) is 33.1. The average Bonchev–Trinajstić information content (AvgIpc) is 3.61. The zero-order valence-corrected chi connectivity index (χ0v) is 30.5. The lowest BCUT2D eigenvalue weighted by atomic mass is 9.96. The van der Waals surface area contributed by atoms with Crippen molar-refractivity contribution in [2.24, 2.45) is 9.98 Å². The van der Waals surface area contributed by atoms with Crippen LogP contribution in [0, 0.1) is 0 Å². The van der Waals surface area contributed by atoms with Gasteiger partial charge in [-0.15, -0.1) is 0 Å². The third-order valence-electron chi connectivity index (χ3n) is 10.4. The Bertz CT molecular complexity index is 2900. The summed E-state index contributed by atoms with van der Waals surface area (Å²) in [6.07, 6.45) is -0.445. The Balaban J connectivity index is 1.09. The summed E-state index contributed by atoms with van der Waals surface area (Å²) in [5.41, 5.74) is 13.2. The molecule has 2 N–H and O–H groups in total. The van der Waals surface area contributed by atoms with Crippen LogP contribution >= 0.6 is 0 Å². The lowest BCUT2D eigenvalue weighted by Gasteiger charge is -2.26. The molecular formula is C51H37N5. The molecule has 1 aliphatic rings. The summed E-state index contributed by atoms with van der Waals surface area (Å²) in [5.74, 6) is 1.47. The minimum absolute atomic E-state index is 0.445. The number of nitrogens with zero attached hydrogens (tertiary/aromatic N) is 3. The summed E-state index contributed by atoms with van der Waals surface area (Å²) in [7, 11) is 0. The van der Waals surface area contributed by atoms with Crippen LogP contribution in [-0.4, -0.2) is 16.2 Å². The van der Waals surface area contributed by atoms with Gasteiger partial charge in [-0.3, -0.25) is 0 Å². The molecular weight excluding hydrogens is 683 g/mol.